The first-order chi connectivity index (χ1) is 18.0. The third kappa shape index (κ3) is 11.5. The number of hydrogen-bond acceptors (Lipinski definition) is 6. The normalized spacial score (nSPS) is 11.5. The summed E-state index contributed by atoms with van der Waals surface area (Å²) in [5.74, 6) is 0.369. The molecule has 0 saturated carbocycles. The van der Waals surface area contributed by atoms with E-state index in [-0.39, 0.29) is 12.5 Å². The number of ether oxygens (including phenoxy) is 4. The summed E-state index contributed by atoms with van der Waals surface area (Å²) in [6.45, 7) is 6.47. The fraction of sp³-hybridized carbons (Fsp3) is 0.500. The Bertz CT molecular complexity index is 919. The number of anilines is 1. The van der Waals surface area contributed by atoms with Crippen LogP contribution >= 0.6 is 0 Å². The Balaban J connectivity index is 1.90. The van der Waals surface area contributed by atoms with Crippen molar-refractivity contribution in [3.8, 4) is 11.5 Å². The molecule has 2 aromatic carbocycles. The number of carbonyl (C=O) groups excluding carboxylic acids is 1. The molecule has 2 aromatic rings. The maximum absolute atomic E-state index is 12.9. The van der Waals surface area contributed by atoms with Crippen LogP contribution in [0, 0.1) is 0 Å². The van der Waals surface area contributed by atoms with Gasteiger partial charge >= 0.3 is 12.0 Å². The van der Waals surface area contributed by atoms with Crippen molar-refractivity contribution in [2.24, 2.45) is 0 Å². The highest BCUT2D eigenvalue weighted by molar-refractivity contribution is 5.89. The summed E-state index contributed by atoms with van der Waals surface area (Å²) < 4.78 is 22.0. The lowest BCUT2D eigenvalue weighted by Crippen LogP contribution is -2.40. The third-order valence-corrected chi connectivity index (χ3v) is 5.64. The molecule has 0 aliphatic heterocycles. The highest BCUT2D eigenvalue weighted by Crippen LogP contribution is 2.17. The van der Waals surface area contributed by atoms with E-state index in [9.17, 15) is 14.7 Å². The number of carboxylic acid groups (broad SMARTS) is 1. The number of amides is 2. The van der Waals surface area contributed by atoms with Crippen LogP contribution in [0.15, 0.2) is 48.5 Å². The van der Waals surface area contributed by atoms with Crippen molar-refractivity contribution in [3.05, 3.63) is 54.1 Å². The molecule has 0 aliphatic rings. The van der Waals surface area contributed by atoms with Crippen LogP contribution in [0.2, 0.25) is 0 Å². The standard InChI is InChI=1S/C28H40N2O7/c1-4-6-7-18-35-19-16-30(28(33)29-23-10-14-24(34-3)15-11-23)17-20-37-25-12-8-22(9-13-25)21-26(27(31)32)36-5-2/h8-15,26H,4-7,16-21H2,1-3H3,(H,29,33)(H,31,32). The van der Waals surface area contributed by atoms with Gasteiger partial charge in [-0.25, -0.2) is 9.59 Å². The van der Waals surface area contributed by atoms with E-state index in [1.54, 1.807) is 55.3 Å². The fourth-order valence-electron chi connectivity index (χ4n) is 3.55. The zero-order valence-electron chi connectivity index (χ0n) is 22.1. The zero-order valence-corrected chi connectivity index (χ0v) is 22.1. The Labute approximate surface area is 219 Å². The van der Waals surface area contributed by atoms with Crippen LogP contribution in [0.3, 0.4) is 0 Å². The maximum atomic E-state index is 12.9. The smallest absolute Gasteiger partial charge is 0.333 e. The molecule has 0 aromatic heterocycles. The van der Waals surface area contributed by atoms with Crippen molar-refractivity contribution in [1.82, 2.24) is 4.90 Å². The van der Waals surface area contributed by atoms with Crippen molar-refractivity contribution < 1.29 is 33.6 Å². The number of unbranched alkanes of at least 4 members (excludes halogenated alkanes) is 2. The Morgan fingerprint density at radius 1 is 0.919 bits per heavy atom. The van der Waals surface area contributed by atoms with Gasteiger partial charge in [0.1, 0.15) is 18.1 Å². The molecular formula is C28H40N2O7. The fourth-order valence-corrected chi connectivity index (χ4v) is 3.55. The van der Waals surface area contributed by atoms with Crippen LogP contribution in [0.4, 0.5) is 10.5 Å². The third-order valence-electron chi connectivity index (χ3n) is 5.64. The van der Waals surface area contributed by atoms with Gasteiger partial charge in [0, 0.05) is 31.9 Å². The number of hydrogen-bond donors (Lipinski definition) is 2. The molecule has 0 fully saturated rings. The monoisotopic (exact) mass is 516 g/mol. The van der Waals surface area contributed by atoms with Gasteiger partial charge in [-0.1, -0.05) is 31.9 Å². The SMILES string of the molecule is CCCCCOCCN(CCOc1ccc(CC(OCC)C(=O)O)cc1)C(=O)Nc1ccc(OC)cc1. The molecule has 0 radical (unpaired) electrons. The molecular weight excluding hydrogens is 476 g/mol. The Hall–Kier alpha value is -3.30. The van der Waals surface area contributed by atoms with E-state index in [0.717, 1.165) is 24.8 Å². The van der Waals surface area contributed by atoms with Crippen LogP contribution < -0.4 is 14.8 Å². The highest BCUT2D eigenvalue weighted by atomic mass is 16.5. The van der Waals surface area contributed by atoms with E-state index in [4.69, 9.17) is 18.9 Å². The van der Waals surface area contributed by atoms with Gasteiger partial charge in [-0.3, -0.25) is 0 Å². The minimum Gasteiger partial charge on any atom is -0.497 e. The molecule has 0 spiro atoms. The van der Waals surface area contributed by atoms with Crippen LogP contribution in [0.5, 0.6) is 11.5 Å². The first kappa shape index (κ1) is 29.9. The molecule has 0 aliphatic carbocycles. The number of nitrogens with zero attached hydrogens (tertiary/aromatic N) is 1. The molecule has 0 bridgehead atoms. The summed E-state index contributed by atoms with van der Waals surface area (Å²) in [4.78, 5) is 25.9. The van der Waals surface area contributed by atoms with Crippen LogP contribution in [0.1, 0.15) is 38.7 Å². The van der Waals surface area contributed by atoms with E-state index in [0.29, 0.717) is 56.7 Å². The van der Waals surface area contributed by atoms with Gasteiger partial charge in [0.15, 0.2) is 6.10 Å². The average Bonchev–Trinajstić information content (AvgIpc) is 2.90. The van der Waals surface area contributed by atoms with E-state index >= 15 is 0 Å². The first-order valence-electron chi connectivity index (χ1n) is 12.8. The molecule has 1 atom stereocenters. The number of rotatable bonds is 18. The average molecular weight is 517 g/mol. The van der Waals surface area contributed by atoms with Crippen molar-refractivity contribution in [1.29, 1.82) is 0 Å². The lowest BCUT2D eigenvalue weighted by Gasteiger charge is -2.23. The maximum Gasteiger partial charge on any atom is 0.333 e. The van der Waals surface area contributed by atoms with Gasteiger partial charge in [-0.15, -0.1) is 0 Å². The number of carboxylic acids is 1. The molecule has 1 unspecified atom stereocenters. The minimum absolute atomic E-state index is 0.239. The lowest BCUT2D eigenvalue weighted by atomic mass is 10.1. The first-order valence-corrected chi connectivity index (χ1v) is 12.8. The Morgan fingerprint density at radius 2 is 1.59 bits per heavy atom. The molecule has 204 valence electrons. The number of urea groups is 1. The topological polar surface area (TPSA) is 107 Å². The lowest BCUT2D eigenvalue weighted by molar-refractivity contribution is -0.149. The van der Waals surface area contributed by atoms with Crippen LogP contribution in [-0.4, -0.2) is 74.7 Å². The van der Waals surface area contributed by atoms with E-state index < -0.39 is 12.1 Å². The van der Waals surface area contributed by atoms with E-state index in [1.807, 2.05) is 12.1 Å². The largest absolute Gasteiger partial charge is 0.497 e. The second-order valence-electron chi connectivity index (χ2n) is 8.44. The molecule has 2 N–H and O–H groups in total. The minimum atomic E-state index is -0.982. The van der Waals surface area contributed by atoms with Gasteiger partial charge < -0.3 is 34.3 Å². The summed E-state index contributed by atoms with van der Waals surface area (Å²) in [5.41, 5.74) is 1.51. The predicted octanol–water partition coefficient (Wildman–Crippen LogP) is 4.85. The van der Waals surface area contributed by atoms with Gasteiger partial charge in [0.2, 0.25) is 0 Å². The van der Waals surface area contributed by atoms with Crippen LogP contribution in [0.25, 0.3) is 0 Å². The van der Waals surface area contributed by atoms with E-state index in [1.165, 1.54) is 0 Å². The summed E-state index contributed by atoms with van der Waals surface area (Å²) in [6, 6.07) is 14.1. The quantitative estimate of drug-likeness (QED) is 0.273. The van der Waals surface area contributed by atoms with E-state index in [2.05, 4.69) is 12.2 Å². The highest BCUT2D eigenvalue weighted by Gasteiger charge is 2.18. The van der Waals surface area contributed by atoms with Gasteiger partial charge in [-0.05, 0) is 55.3 Å². The van der Waals surface area contributed by atoms with Gasteiger partial charge in [0.05, 0.1) is 20.3 Å². The number of nitrogens with one attached hydrogen (secondary N) is 1. The van der Waals surface area contributed by atoms with Crippen molar-refractivity contribution >= 4 is 17.7 Å². The second-order valence-corrected chi connectivity index (χ2v) is 8.44. The molecule has 9 heteroatoms. The molecule has 37 heavy (non-hydrogen) atoms. The molecule has 0 saturated heterocycles. The molecule has 0 heterocycles. The predicted molar refractivity (Wildman–Crippen MR) is 143 cm³/mol. The van der Waals surface area contributed by atoms with Crippen molar-refractivity contribution in [2.75, 3.05) is 51.9 Å². The van der Waals surface area contributed by atoms with Crippen LogP contribution in [-0.2, 0) is 20.7 Å². The second kappa shape index (κ2) is 17.2. The number of methoxy groups -OCH3 is 1. The van der Waals surface area contributed by atoms with Crippen molar-refractivity contribution in [3.63, 3.8) is 0 Å². The number of aliphatic carboxylic acids is 1. The molecule has 9 nitrogen and oxygen atoms in total. The Morgan fingerprint density at radius 3 is 2.22 bits per heavy atom. The number of carbonyl (C=O) groups is 2. The summed E-state index contributed by atoms with van der Waals surface area (Å²) in [5, 5.41) is 12.2. The van der Waals surface area contributed by atoms with Crippen molar-refractivity contribution in [2.45, 2.75) is 45.6 Å². The summed E-state index contributed by atoms with van der Waals surface area (Å²) >= 11 is 0. The number of benzene rings is 2. The molecule has 2 amide bonds. The zero-order chi connectivity index (χ0) is 26.9. The van der Waals surface area contributed by atoms with Gasteiger partial charge in [-0.2, -0.15) is 0 Å². The Kier molecular flexibility index (Phi) is 13.9. The molecule has 2 rings (SSSR count). The summed E-state index contributed by atoms with van der Waals surface area (Å²) in [7, 11) is 1.59. The van der Waals surface area contributed by atoms with Gasteiger partial charge in [0.25, 0.3) is 0 Å². The summed E-state index contributed by atoms with van der Waals surface area (Å²) in [6.07, 6.45) is 2.66.